The van der Waals surface area contributed by atoms with Crippen LogP contribution in [0.3, 0.4) is 0 Å². The van der Waals surface area contributed by atoms with E-state index in [9.17, 15) is 14.4 Å². The van der Waals surface area contributed by atoms with Gasteiger partial charge in [-0.3, -0.25) is 9.78 Å². The molecule has 0 radical (unpaired) electrons. The lowest BCUT2D eigenvalue weighted by Gasteiger charge is -2.40. The molecule has 9 heteroatoms. The molecular weight excluding hydrogens is 389 g/mol. The molecule has 0 saturated heterocycles. The zero-order valence-electron chi connectivity index (χ0n) is 16.3. The largest absolute Gasteiger partial charge is 0.490 e. The molecule has 4 aliphatic rings. The highest BCUT2D eigenvalue weighted by Gasteiger charge is 2.61. The number of carbonyl (C=O) groups excluding carboxylic acids is 1. The number of nitrogens with zero attached hydrogens (tertiary/aromatic N) is 5. The van der Waals surface area contributed by atoms with E-state index in [-0.39, 0.29) is 23.3 Å². The van der Waals surface area contributed by atoms with Crippen molar-refractivity contribution in [3.8, 4) is 17.8 Å². The molecule has 3 fully saturated rings. The summed E-state index contributed by atoms with van der Waals surface area (Å²) in [7, 11) is 0. The van der Waals surface area contributed by atoms with Crippen LogP contribution in [-0.2, 0) is 11.3 Å². The molecule has 2 bridgehead atoms. The second kappa shape index (κ2) is 7.20. The zero-order valence-corrected chi connectivity index (χ0v) is 16.3. The molecule has 1 aliphatic heterocycles. The Morgan fingerprint density at radius 2 is 2.10 bits per heavy atom. The number of halogens is 1. The highest BCUT2D eigenvalue weighted by atomic mass is 19.1. The first-order valence-corrected chi connectivity index (χ1v) is 9.97. The van der Waals surface area contributed by atoms with E-state index in [1.165, 1.54) is 6.20 Å². The second-order valence-corrected chi connectivity index (χ2v) is 8.27. The van der Waals surface area contributed by atoms with Crippen molar-refractivity contribution in [3.63, 3.8) is 0 Å². The lowest BCUT2D eigenvalue weighted by Crippen LogP contribution is -2.47. The lowest BCUT2D eigenvalue weighted by atomic mass is 9.68. The van der Waals surface area contributed by atoms with E-state index < -0.39 is 5.82 Å². The van der Waals surface area contributed by atoms with Crippen LogP contribution in [0.2, 0.25) is 0 Å². The molecule has 3 saturated carbocycles. The number of rotatable bonds is 4. The predicted octanol–water partition coefficient (Wildman–Crippen LogP) is 2.10. The maximum atomic E-state index is 13.4. The Morgan fingerprint density at radius 3 is 2.87 bits per heavy atom. The number of nitriles is 1. The molecule has 0 aromatic carbocycles. The van der Waals surface area contributed by atoms with Crippen LogP contribution in [0.4, 0.5) is 4.39 Å². The minimum atomic E-state index is -0.505. The van der Waals surface area contributed by atoms with Crippen LogP contribution in [-0.4, -0.2) is 45.5 Å². The third-order valence-corrected chi connectivity index (χ3v) is 6.45. The molecule has 2 aromatic heterocycles. The first-order chi connectivity index (χ1) is 14.6. The van der Waals surface area contributed by atoms with Crippen LogP contribution < -0.4 is 9.47 Å². The van der Waals surface area contributed by atoms with Gasteiger partial charge in [-0.15, -0.1) is 0 Å². The average molecular weight is 409 g/mol. The Bertz CT molecular complexity index is 1020. The Hall–Kier alpha value is -3.28. The Balaban J connectivity index is 1.25. The van der Waals surface area contributed by atoms with Gasteiger partial charge in [0.2, 0.25) is 5.91 Å². The summed E-state index contributed by atoms with van der Waals surface area (Å²) in [5.41, 5.74) is 0.802. The Labute approximate surface area is 172 Å². The second-order valence-electron chi connectivity index (χ2n) is 8.27. The van der Waals surface area contributed by atoms with Gasteiger partial charge in [0.25, 0.3) is 0 Å². The average Bonchev–Trinajstić information content (AvgIpc) is 3.19. The molecule has 3 heterocycles. The van der Waals surface area contributed by atoms with Crippen LogP contribution in [0, 0.1) is 34.4 Å². The fraction of sp³-hybridized carbons (Fsp3) is 0.476. The molecule has 0 N–H and O–H groups in total. The molecule has 1 atom stereocenters. The number of fused-ring (bicyclic) bond motifs is 2. The van der Waals surface area contributed by atoms with E-state index in [2.05, 4.69) is 21.0 Å². The van der Waals surface area contributed by atoms with Crippen LogP contribution in [0.5, 0.6) is 11.8 Å². The number of ether oxygens (including phenoxy) is 2. The van der Waals surface area contributed by atoms with E-state index in [1.807, 2.05) is 4.90 Å². The molecule has 3 aliphatic carbocycles. The van der Waals surface area contributed by atoms with Crippen molar-refractivity contribution in [3.05, 3.63) is 41.7 Å². The minimum Gasteiger partial charge on any atom is -0.490 e. The van der Waals surface area contributed by atoms with E-state index in [4.69, 9.17) is 9.47 Å². The van der Waals surface area contributed by atoms with Gasteiger partial charge in [-0.05, 0) is 31.1 Å². The Kier molecular flexibility index (Phi) is 4.50. The van der Waals surface area contributed by atoms with Crippen LogP contribution in [0.15, 0.2) is 24.8 Å². The highest BCUT2D eigenvalue weighted by Crippen LogP contribution is 2.62. The molecule has 8 nitrogen and oxygen atoms in total. The van der Waals surface area contributed by atoms with E-state index in [0.717, 1.165) is 37.2 Å². The fourth-order valence-electron chi connectivity index (χ4n) is 5.03. The standard InChI is InChI=1S/C21H20FN5O3/c22-17-9-25-20(26-10-17)30-12-14-5-21(3-13(14)4-21)19(28)27-1-2-29-18-15(6-23)7-24-8-16(18)11-27/h7-10,13-14H,1-5,11-12H2/t13?,14-,21?/m1/s1. The smallest absolute Gasteiger partial charge is 0.316 e. The molecule has 154 valence electrons. The SMILES string of the molecule is N#Cc1cncc2c1OCCN(C(=O)C13CC(C1)[C@@H](COc1ncc(F)cn1)C3)C2. The normalized spacial score (nSPS) is 26.6. The van der Waals surface area contributed by atoms with Gasteiger partial charge in [-0.1, -0.05) is 0 Å². The predicted molar refractivity (Wildman–Crippen MR) is 101 cm³/mol. The van der Waals surface area contributed by atoms with Crippen molar-refractivity contribution < 1.29 is 18.7 Å². The molecule has 6 rings (SSSR count). The Morgan fingerprint density at radius 1 is 1.30 bits per heavy atom. The van der Waals surface area contributed by atoms with E-state index >= 15 is 0 Å². The van der Waals surface area contributed by atoms with Gasteiger partial charge in [0.15, 0.2) is 5.82 Å². The first kappa shape index (κ1) is 18.7. The molecule has 1 amide bonds. The topological polar surface area (TPSA) is 101 Å². The van der Waals surface area contributed by atoms with Crippen molar-refractivity contribution in [1.82, 2.24) is 19.9 Å². The number of amides is 1. The number of pyridine rings is 1. The molecule has 2 aromatic rings. The third kappa shape index (κ3) is 3.12. The summed E-state index contributed by atoms with van der Waals surface area (Å²) in [6, 6.07) is 2.25. The summed E-state index contributed by atoms with van der Waals surface area (Å²) in [5, 5.41) is 9.27. The number of carbonyl (C=O) groups is 1. The van der Waals surface area contributed by atoms with Gasteiger partial charge in [0.1, 0.15) is 24.0 Å². The number of hydrogen-bond acceptors (Lipinski definition) is 7. The molecular formula is C21H20FN5O3. The third-order valence-electron chi connectivity index (χ3n) is 6.45. The van der Waals surface area contributed by atoms with Crippen molar-refractivity contribution >= 4 is 5.91 Å². The molecule has 30 heavy (non-hydrogen) atoms. The minimum absolute atomic E-state index is 0.137. The van der Waals surface area contributed by atoms with Crippen LogP contribution in [0.25, 0.3) is 0 Å². The summed E-state index contributed by atoms with van der Waals surface area (Å²) in [5.74, 6) is 0.860. The summed E-state index contributed by atoms with van der Waals surface area (Å²) >= 11 is 0. The maximum absolute atomic E-state index is 13.4. The van der Waals surface area contributed by atoms with E-state index in [0.29, 0.717) is 43.5 Å². The summed E-state index contributed by atoms with van der Waals surface area (Å²) in [4.78, 5) is 27.0. The lowest BCUT2D eigenvalue weighted by molar-refractivity contribution is -0.147. The molecule has 0 unspecified atom stereocenters. The van der Waals surface area contributed by atoms with Gasteiger partial charge >= 0.3 is 6.01 Å². The summed E-state index contributed by atoms with van der Waals surface area (Å²) in [6.45, 7) is 1.65. The zero-order chi connectivity index (χ0) is 20.7. The summed E-state index contributed by atoms with van der Waals surface area (Å²) < 4.78 is 24.3. The van der Waals surface area contributed by atoms with Gasteiger partial charge in [-0.25, -0.2) is 14.4 Å². The number of hydrogen-bond donors (Lipinski definition) is 0. The van der Waals surface area contributed by atoms with Crippen LogP contribution in [0.1, 0.15) is 30.4 Å². The maximum Gasteiger partial charge on any atom is 0.316 e. The van der Waals surface area contributed by atoms with Crippen LogP contribution >= 0.6 is 0 Å². The van der Waals surface area contributed by atoms with Gasteiger partial charge in [-0.2, -0.15) is 5.26 Å². The monoisotopic (exact) mass is 409 g/mol. The fourth-order valence-corrected chi connectivity index (χ4v) is 5.03. The highest BCUT2D eigenvalue weighted by molar-refractivity contribution is 5.84. The molecule has 0 spiro atoms. The first-order valence-electron chi connectivity index (χ1n) is 9.97. The van der Waals surface area contributed by atoms with Crippen molar-refractivity contribution in [2.24, 2.45) is 17.3 Å². The van der Waals surface area contributed by atoms with Crippen molar-refractivity contribution in [1.29, 1.82) is 5.26 Å². The quantitative estimate of drug-likeness (QED) is 0.762. The van der Waals surface area contributed by atoms with Gasteiger partial charge in [0, 0.05) is 18.0 Å². The van der Waals surface area contributed by atoms with Crippen molar-refractivity contribution in [2.75, 3.05) is 19.8 Å². The van der Waals surface area contributed by atoms with E-state index in [1.54, 1.807) is 6.20 Å². The van der Waals surface area contributed by atoms with Crippen molar-refractivity contribution in [2.45, 2.75) is 25.8 Å². The summed E-state index contributed by atoms with van der Waals surface area (Å²) in [6.07, 6.45) is 7.77. The number of aromatic nitrogens is 3. The van der Waals surface area contributed by atoms with Gasteiger partial charge in [0.05, 0.1) is 37.5 Å². The van der Waals surface area contributed by atoms with Gasteiger partial charge < -0.3 is 14.4 Å².